The van der Waals surface area contributed by atoms with Gasteiger partial charge in [0.15, 0.2) is 6.10 Å². The lowest BCUT2D eigenvalue weighted by molar-refractivity contribution is -0.161. The largest absolute Gasteiger partial charge is 0.462 e. The van der Waals surface area contributed by atoms with Crippen LogP contribution in [-0.2, 0) is 19.1 Å². The molecule has 0 spiro atoms. The van der Waals surface area contributed by atoms with Gasteiger partial charge in [0.2, 0.25) is 0 Å². The topological polar surface area (TPSA) is 72.8 Å². The molecule has 0 aromatic heterocycles. The summed E-state index contributed by atoms with van der Waals surface area (Å²) in [4.78, 5) is 24.6. The van der Waals surface area contributed by atoms with E-state index in [4.69, 9.17) is 9.47 Å². The van der Waals surface area contributed by atoms with Crippen molar-refractivity contribution in [3.8, 4) is 0 Å². The Kier molecular flexibility index (Phi) is 61.0. The number of aliphatic hydroxyl groups is 1. The van der Waals surface area contributed by atoms with Crippen LogP contribution < -0.4 is 0 Å². The first-order chi connectivity index (χ1) is 37.6. The molecule has 0 rings (SSSR count). The summed E-state index contributed by atoms with van der Waals surface area (Å²) < 4.78 is 10.7. The van der Waals surface area contributed by atoms with Crippen molar-refractivity contribution in [2.45, 2.75) is 264 Å². The van der Waals surface area contributed by atoms with Crippen molar-refractivity contribution >= 4 is 11.9 Å². The first-order valence-electron chi connectivity index (χ1n) is 31.0. The van der Waals surface area contributed by atoms with Gasteiger partial charge in [0.05, 0.1) is 6.61 Å². The van der Waals surface area contributed by atoms with E-state index in [-0.39, 0.29) is 25.2 Å². The molecule has 1 unspecified atom stereocenters. The van der Waals surface area contributed by atoms with Gasteiger partial charge in [-0.1, -0.05) is 281 Å². The summed E-state index contributed by atoms with van der Waals surface area (Å²) in [5.74, 6) is -0.606. The van der Waals surface area contributed by atoms with Crippen molar-refractivity contribution in [2.24, 2.45) is 0 Å². The zero-order valence-corrected chi connectivity index (χ0v) is 49.0. The van der Waals surface area contributed by atoms with E-state index in [0.29, 0.717) is 12.8 Å². The van der Waals surface area contributed by atoms with Crippen molar-refractivity contribution in [3.05, 3.63) is 158 Å². The fourth-order valence-electron chi connectivity index (χ4n) is 8.25. The molecule has 1 atom stereocenters. The zero-order valence-electron chi connectivity index (χ0n) is 49.0. The highest BCUT2D eigenvalue weighted by Gasteiger charge is 2.16. The molecule has 0 saturated carbocycles. The van der Waals surface area contributed by atoms with Gasteiger partial charge in [-0.15, -0.1) is 0 Å². The van der Waals surface area contributed by atoms with Crippen LogP contribution in [0.25, 0.3) is 0 Å². The van der Waals surface area contributed by atoms with E-state index in [2.05, 4.69) is 172 Å². The Hall–Kier alpha value is -4.48. The summed E-state index contributed by atoms with van der Waals surface area (Å²) in [5.41, 5.74) is 0. The molecule has 5 heteroatoms. The summed E-state index contributed by atoms with van der Waals surface area (Å²) >= 11 is 0. The second-order valence-corrected chi connectivity index (χ2v) is 20.0. The number of ether oxygens (including phenoxy) is 2. The normalized spacial score (nSPS) is 13.4. The van der Waals surface area contributed by atoms with Crippen LogP contribution in [0.5, 0.6) is 0 Å². The molecule has 0 amide bonds. The lowest BCUT2D eigenvalue weighted by atomic mass is 10.0. The average Bonchev–Trinajstić information content (AvgIpc) is 3.42. The molecule has 428 valence electrons. The third-order valence-corrected chi connectivity index (χ3v) is 12.8. The number of aliphatic hydroxyl groups excluding tert-OH is 1. The quantitative estimate of drug-likeness (QED) is 0.0373. The number of unbranched alkanes of at least 4 members (excludes halogenated alkanes) is 21. The Labute approximate surface area is 469 Å². The maximum Gasteiger partial charge on any atom is 0.306 e. The number of rotatable bonds is 55. The predicted molar refractivity (Wildman–Crippen MR) is 334 cm³/mol. The second-order valence-electron chi connectivity index (χ2n) is 20.0. The highest BCUT2D eigenvalue weighted by molar-refractivity contribution is 5.70. The third kappa shape index (κ3) is 62.1. The number of allylic oxidation sites excluding steroid dienone is 26. The molecule has 76 heavy (non-hydrogen) atoms. The van der Waals surface area contributed by atoms with Crippen molar-refractivity contribution in [3.63, 3.8) is 0 Å². The van der Waals surface area contributed by atoms with Crippen molar-refractivity contribution in [1.29, 1.82) is 0 Å². The Balaban J connectivity index is 3.56. The van der Waals surface area contributed by atoms with Gasteiger partial charge in [-0.25, -0.2) is 0 Å². The van der Waals surface area contributed by atoms with Gasteiger partial charge in [-0.2, -0.15) is 0 Å². The fourth-order valence-corrected chi connectivity index (χ4v) is 8.25. The maximum absolute atomic E-state index is 12.3. The van der Waals surface area contributed by atoms with E-state index in [1.807, 2.05) is 0 Å². The van der Waals surface area contributed by atoms with Crippen molar-refractivity contribution < 1.29 is 24.2 Å². The van der Waals surface area contributed by atoms with Crippen LogP contribution in [0.1, 0.15) is 258 Å². The summed E-state index contributed by atoms with van der Waals surface area (Å²) in [6.45, 7) is 3.91. The van der Waals surface area contributed by atoms with Crippen molar-refractivity contribution in [1.82, 2.24) is 0 Å². The van der Waals surface area contributed by atoms with Gasteiger partial charge in [0.25, 0.3) is 0 Å². The Bertz CT molecular complexity index is 1660. The minimum absolute atomic E-state index is 0.0782. The van der Waals surface area contributed by atoms with Gasteiger partial charge < -0.3 is 14.6 Å². The third-order valence-electron chi connectivity index (χ3n) is 12.8. The molecule has 0 radical (unpaired) electrons. The molecule has 0 aromatic carbocycles. The smallest absolute Gasteiger partial charge is 0.306 e. The van der Waals surface area contributed by atoms with Crippen LogP contribution in [0.3, 0.4) is 0 Å². The van der Waals surface area contributed by atoms with E-state index in [1.54, 1.807) is 0 Å². The second kappa shape index (κ2) is 64.8. The monoisotopic (exact) mass is 1050 g/mol. The molecule has 0 fully saturated rings. The van der Waals surface area contributed by atoms with E-state index in [9.17, 15) is 14.7 Å². The van der Waals surface area contributed by atoms with Gasteiger partial charge in [-0.3, -0.25) is 9.59 Å². The van der Waals surface area contributed by atoms with E-state index >= 15 is 0 Å². The number of esters is 2. The lowest BCUT2D eigenvalue weighted by Crippen LogP contribution is -2.28. The molecule has 0 aliphatic carbocycles. The molecule has 0 heterocycles. The SMILES string of the molecule is CC/C=C\C/C=C\C/C=C\C/C=C\C/C=C\C/C=C\C/C=C\CCCCCCCCCCCC(=O)OC(CO)COC(=O)CCCCCCCCCCCCCC/C=C\C/C=C\C/C=C\C/C=C\C/C=C\C/C=C\CC. The van der Waals surface area contributed by atoms with Crippen LogP contribution in [0, 0.1) is 0 Å². The predicted octanol–water partition coefficient (Wildman–Crippen LogP) is 21.5. The summed E-state index contributed by atoms with van der Waals surface area (Å²) in [7, 11) is 0. The summed E-state index contributed by atoms with van der Waals surface area (Å²) in [6, 6.07) is 0. The molecule has 0 aliphatic heterocycles. The fraction of sp³-hybridized carbons (Fsp3) is 0.606. The summed E-state index contributed by atoms with van der Waals surface area (Å²) in [5, 5.41) is 9.68. The van der Waals surface area contributed by atoms with E-state index in [1.165, 1.54) is 103 Å². The van der Waals surface area contributed by atoms with Crippen LogP contribution in [0.15, 0.2) is 158 Å². The average molecular weight is 1050 g/mol. The molecular formula is C71H114O5. The number of hydrogen-bond donors (Lipinski definition) is 1. The van der Waals surface area contributed by atoms with Crippen LogP contribution in [0.2, 0.25) is 0 Å². The van der Waals surface area contributed by atoms with Gasteiger partial charge in [0.1, 0.15) is 6.61 Å². The van der Waals surface area contributed by atoms with Crippen LogP contribution >= 0.6 is 0 Å². The van der Waals surface area contributed by atoms with E-state index < -0.39 is 6.10 Å². The molecule has 0 bridgehead atoms. The Morgan fingerprint density at radius 2 is 0.526 bits per heavy atom. The standard InChI is InChI=1S/C71H114O5/c1-3-5-7-9-11-13-15-17-19-21-23-25-27-29-31-33-35-37-39-41-43-45-47-49-51-53-55-57-59-61-63-65-70(73)75-68-69(67-72)76-71(74)66-64-62-60-58-56-54-52-50-48-46-44-42-40-38-36-34-32-30-28-26-24-22-20-18-16-14-12-10-8-6-4-2/h5-8,11-14,17-20,23-26,29-32,35-38,42,44,69,72H,3-4,9-10,15-16,21-22,27-28,33-34,39-41,43,45-68H2,1-2H3/b7-5-,8-6-,13-11-,14-12-,19-17-,20-18-,25-23-,26-24-,31-29-,32-30-,37-35-,38-36-,44-42-. The van der Waals surface area contributed by atoms with Crippen LogP contribution in [-0.4, -0.2) is 36.4 Å². The molecular weight excluding hydrogens is 933 g/mol. The Morgan fingerprint density at radius 3 is 0.789 bits per heavy atom. The highest BCUT2D eigenvalue weighted by Crippen LogP contribution is 2.15. The zero-order chi connectivity index (χ0) is 54.8. The van der Waals surface area contributed by atoms with Crippen LogP contribution in [0.4, 0.5) is 0 Å². The Morgan fingerprint density at radius 1 is 0.303 bits per heavy atom. The molecule has 5 nitrogen and oxygen atoms in total. The minimum Gasteiger partial charge on any atom is -0.462 e. The highest BCUT2D eigenvalue weighted by atomic mass is 16.6. The maximum atomic E-state index is 12.3. The first-order valence-corrected chi connectivity index (χ1v) is 31.0. The first kappa shape index (κ1) is 71.5. The number of carbonyl (C=O) groups excluding carboxylic acids is 2. The molecule has 0 saturated heterocycles. The number of hydrogen-bond acceptors (Lipinski definition) is 5. The van der Waals surface area contributed by atoms with Gasteiger partial charge >= 0.3 is 11.9 Å². The van der Waals surface area contributed by atoms with E-state index in [0.717, 1.165) is 128 Å². The molecule has 0 aliphatic rings. The van der Waals surface area contributed by atoms with Gasteiger partial charge in [0, 0.05) is 12.8 Å². The molecule has 0 aromatic rings. The lowest BCUT2D eigenvalue weighted by Gasteiger charge is -2.15. The number of carbonyl (C=O) groups is 2. The van der Waals surface area contributed by atoms with Crippen molar-refractivity contribution in [2.75, 3.05) is 13.2 Å². The van der Waals surface area contributed by atoms with Gasteiger partial charge in [-0.05, 0) is 122 Å². The minimum atomic E-state index is -0.789. The summed E-state index contributed by atoms with van der Waals surface area (Å²) in [6.07, 6.45) is 99.4. The molecule has 1 N–H and O–H groups in total.